The molecule has 18 heavy (non-hydrogen) atoms. The quantitative estimate of drug-likeness (QED) is 0.644. The summed E-state index contributed by atoms with van der Waals surface area (Å²) in [4.78, 5) is 13.6. The molecule has 0 atom stereocenters. The summed E-state index contributed by atoms with van der Waals surface area (Å²) in [6, 6.07) is 0.434. The Labute approximate surface area is 110 Å². The summed E-state index contributed by atoms with van der Waals surface area (Å²) in [5.74, 6) is -2.90. The Morgan fingerprint density at radius 2 is 2.00 bits per heavy atom. The number of aromatic nitrogens is 1. The van der Waals surface area contributed by atoms with E-state index in [-0.39, 0.29) is 0 Å². The molecular formula is C8H3F5INO3. The maximum atomic E-state index is 12.5. The van der Waals surface area contributed by atoms with Crippen molar-refractivity contribution in [3.8, 4) is 5.88 Å². The van der Waals surface area contributed by atoms with E-state index >= 15 is 0 Å². The summed E-state index contributed by atoms with van der Waals surface area (Å²) >= 11 is 1.27. The van der Waals surface area contributed by atoms with Crippen LogP contribution in [0.15, 0.2) is 6.07 Å². The number of alkyl halides is 5. The average Bonchev–Trinajstić information content (AvgIpc) is 2.17. The number of carbonyl (C=O) groups is 1. The highest BCUT2D eigenvalue weighted by molar-refractivity contribution is 14.1. The topological polar surface area (TPSA) is 59.4 Å². The van der Waals surface area contributed by atoms with Gasteiger partial charge in [-0.3, -0.25) is 0 Å². The largest absolute Gasteiger partial charge is 0.574 e. The summed E-state index contributed by atoms with van der Waals surface area (Å²) < 4.78 is 63.6. The molecule has 0 fully saturated rings. The average molecular weight is 383 g/mol. The normalized spacial score (nSPS) is 11.7. The van der Waals surface area contributed by atoms with Crippen molar-refractivity contribution >= 4 is 28.6 Å². The molecule has 0 saturated carbocycles. The Bertz CT molecular complexity index is 477. The summed E-state index contributed by atoms with van der Waals surface area (Å²) in [6.45, 7) is 0. The van der Waals surface area contributed by atoms with Gasteiger partial charge < -0.3 is 9.84 Å². The fourth-order valence-corrected chi connectivity index (χ4v) is 1.74. The first kappa shape index (κ1) is 14.9. The number of ether oxygens (including phenoxy) is 1. The van der Waals surface area contributed by atoms with Gasteiger partial charge in [0.1, 0.15) is 5.69 Å². The van der Waals surface area contributed by atoms with Gasteiger partial charge in [-0.2, -0.15) is 0 Å². The molecule has 0 spiro atoms. The van der Waals surface area contributed by atoms with Gasteiger partial charge in [0, 0.05) is 6.07 Å². The van der Waals surface area contributed by atoms with Gasteiger partial charge in [0.15, 0.2) is 0 Å². The molecule has 0 bridgehead atoms. The van der Waals surface area contributed by atoms with Crippen molar-refractivity contribution in [3.63, 3.8) is 0 Å². The second kappa shape index (κ2) is 5.20. The predicted molar refractivity (Wildman–Crippen MR) is 55.6 cm³/mol. The fraction of sp³-hybridized carbons (Fsp3) is 0.250. The van der Waals surface area contributed by atoms with E-state index in [1.165, 1.54) is 22.6 Å². The SMILES string of the molecule is O=C(O)c1cc(OC(F)(F)F)nc(C(F)F)c1I. The number of hydrogen-bond donors (Lipinski definition) is 1. The van der Waals surface area contributed by atoms with Crippen LogP contribution in [0.4, 0.5) is 22.0 Å². The van der Waals surface area contributed by atoms with E-state index in [1.54, 1.807) is 0 Å². The molecule has 1 aromatic heterocycles. The highest BCUT2D eigenvalue weighted by atomic mass is 127. The van der Waals surface area contributed by atoms with Gasteiger partial charge >= 0.3 is 12.3 Å². The number of aromatic carboxylic acids is 1. The van der Waals surface area contributed by atoms with Crippen molar-refractivity contribution in [2.75, 3.05) is 0 Å². The van der Waals surface area contributed by atoms with Crippen LogP contribution < -0.4 is 4.74 Å². The van der Waals surface area contributed by atoms with Gasteiger partial charge in [-0.25, -0.2) is 18.6 Å². The van der Waals surface area contributed by atoms with E-state index < -0.39 is 39.5 Å². The van der Waals surface area contributed by atoms with Crippen molar-refractivity contribution in [2.24, 2.45) is 0 Å². The second-order valence-electron chi connectivity index (χ2n) is 2.86. The smallest absolute Gasteiger partial charge is 0.478 e. The highest BCUT2D eigenvalue weighted by Crippen LogP contribution is 2.30. The molecule has 1 aromatic rings. The first-order valence-electron chi connectivity index (χ1n) is 4.09. The minimum absolute atomic E-state index is 0.434. The van der Waals surface area contributed by atoms with Crippen LogP contribution in [-0.2, 0) is 0 Å². The zero-order valence-corrected chi connectivity index (χ0v) is 10.3. The van der Waals surface area contributed by atoms with Crippen LogP contribution in [0.1, 0.15) is 22.5 Å². The van der Waals surface area contributed by atoms with Crippen molar-refractivity contribution in [1.82, 2.24) is 4.98 Å². The van der Waals surface area contributed by atoms with Gasteiger partial charge in [0.25, 0.3) is 6.43 Å². The van der Waals surface area contributed by atoms with Gasteiger partial charge in [0.05, 0.1) is 9.13 Å². The Morgan fingerprint density at radius 3 is 2.39 bits per heavy atom. The van der Waals surface area contributed by atoms with E-state index in [0.717, 1.165) is 0 Å². The van der Waals surface area contributed by atoms with Crippen LogP contribution in [0.2, 0.25) is 0 Å². The van der Waals surface area contributed by atoms with Crippen molar-refractivity contribution in [2.45, 2.75) is 12.8 Å². The Morgan fingerprint density at radius 1 is 1.44 bits per heavy atom. The van der Waals surface area contributed by atoms with E-state index in [2.05, 4.69) is 9.72 Å². The number of carboxylic acids is 1. The lowest BCUT2D eigenvalue weighted by atomic mass is 10.2. The third-order valence-corrected chi connectivity index (χ3v) is 2.75. The minimum atomic E-state index is -5.14. The van der Waals surface area contributed by atoms with E-state index in [4.69, 9.17) is 5.11 Å². The van der Waals surface area contributed by atoms with Crippen LogP contribution in [0, 0.1) is 3.57 Å². The molecule has 1 rings (SSSR count). The molecule has 0 aliphatic carbocycles. The number of hydrogen-bond acceptors (Lipinski definition) is 3. The molecular weight excluding hydrogens is 380 g/mol. The summed E-state index contributed by atoms with van der Waals surface area (Å²) in [6.07, 6.45) is -8.36. The van der Waals surface area contributed by atoms with Gasteiger partial charge in [0.2, 0.25) is 5.88 Å². The van der Waals surface area contributed by atoms with E-state index in [9.17, 15) is 26.7 Å². The maximum Gasteiger partial charge on any atom is 0.574 e. The van der Waals surface area contributed by atoms with Crippen LogP contribution in [0.25, 0.3) is 0 Å². The van der Waals surface area contributed by atoms with Crippen molar-refractivity contribution in [1.29, 1.82) is 0 Å². The van der Waals surface area contributed by atoms with Crippen LogP contribution >= 0.6 is 22.6 Å². The summed E-state index contributed by atoms with van der Waals surface area (Å²) in [5.41, 5.74) is -1.81. The first-order chi connectivity index (χ1) is 8.11. The molecule has 100 valence electrons. The molecule has 0 aliphatic heterocycles. The van der Waals surface area contributed by atoms with Crippen molar-refractivity contribution in [3.05, 3.63) is 20.9 Å². The molecule has 0 amide bonds. The molecule has 0 saturated heterocycles. The zero-order chi connectivity index (χ0) is 14.1. The molecule has 4 nitrogen and oxygen atoms in total. The van der Waals surface area contributed by atoms with E-state index in [0.29, 0.717) is 6.07 Å². The molecule has 1 N–H and O–H groups in total. The fourth-order valence-electron chi connectivity index (χ4n) is 0.996. The van der Waals surface area contributed by atoms with Crippen molar-refractivity contribution < 1.29 is 36.6 Å². The third kappa shape index (κ3) is 3.65. The predicted octanol–water partition coefficient (Wildman–Crippen LogP) is 3.22. The van der Waals surface area contributed by atoms with Gasteiger partial charge in [-0.1, -0.05) is 0 Å². The Hall–Kier alpha value is -1.20. The van der Waals surface area contributed by atoms with E-state index in [1.807, 2.05) is 0 Å². The molecule has 0 unspecified atom stereocenters. The number of rotatable bonds is 3. The summed E-state index contributed by atoms with van der Waals surface area (Å²) in [7, 11) is 0. The molecule has 1 heterocycles. The second-order valence-corrected chi connectivity index (χ2v) is 3.94. The molecule has 0 aliphatic rings. The lowest BCUT2D eigenvalue weighted by molar-refractivity contribution is -0.276. The number of pyridine rings is 1. The number of nitrogens with zero attached hydrogens (tertiary/aromatic N) is 1. The van der Waals surface area contributed by atoms with Gasteiger partial charge in [-0.15, -0.1) is 13.2 Å². The monoisotopic (exact) mass is 383 g/mol. The lowest BCUT2D eigenvalue weighted by Gasteiger charge is -2.11. The highest BCUT2D eigenvalue weighted by Gasteiger charge is 2.33. The Kier molecular flexibility index (Phi) is 4.29. The minimum Gasteiger partial charge on any atom is -0.478 e. The maximum absolute atomic E-state index is 12.5. The lowest BCUT2D eigenvalue weighted by Crippen LogP contribution is -2.19. The van der Waals surface area contributed by atoms with Crippen LogP contribution in [-0.4, -0.2) is 22.4 Å². The zero-order valence-electron chi connectivity index (χ0n) is 8.13. The first-order valence-corrected chi connectivity index (χ1v) is 5.17. The third-order valence-electron chi connectivity index (χ3n) is 1.62. The molecule has 0 aromatic carbocycles. The Balaban J connectivity index is 3.34. The number of carboxylic acid groups (broad SMARTS) is 1. The molecule has 0 radical (unpaired) electrons. The number of halogens is 6. The van der Waals surface area contributed by atoms with Gasteiger partial charge in [-0.05, 0) is 22.6 Å². The van der Waals surface area contributed by atoms with Crippen LogP contribution in [0.3, 0.4) is 0 Å². The summed E-state index contributed by atoms with van der Waals surface area (Å²) in [5, 5.41) is 8.68. The standard InChI is InChI=1S/C8H3F5INO3/c9-6(10)5-4(14)2(7(16)17)1-3(15-5)18-8(11,12)13/h1,6H,(H,16,17). The molecule has 10 heteroatoms. The van der Waals surface area contributed by atoms with Crippen LogP contribution in [0.5, 0.6) is 5.88 Å².